The molecule has 0 aliphatic carbocycles. The van der Waals surface area contributed by atoms with Crippen molar-refractivity contribution in [3.8, 4) is 0 Å². The normalized spacial score (nSPS) is 12.4. The minimum atomic E-state index is -3.73. The third-order valence-corrected chi connectivity index (χ3v) is 7.50. The number of aryl methyl sites for hydroxylation is 2. The highest BCUT2D eigenvalue weighted by Gasteiger charge is 2.17. The maximum Gasteiger partial charge on any atom is 0.261 e. The molecule has 0 saturated carbocycles. The molecule has 0 aliphatic rings. The lowest BCUT2D eigenvalue weighted by Crippen LogP contribution is -2.13. The molecule has 0 aliphatic heterocycles. The van der Waals surface area contributed by atoms with Crippen LogP contribution in [0.4, 0.5) is 5.69 Å². The molecule has 1 heterocycles. The van der Waals surface area contributed by atoms with E-state index in [1.807, 2.05) is 19.9 Å². The standard InChI is InChI=1S/C16H16N2O4S3/c1-10-6-11(2)8-13(7-10)25(21,22)18-12-4-5-14-15(9-12)23-16(17-14)24(3,19)20/h4-9,18H,1-3H3. The number of benzene rings is 2. The van der Waals surface area contributed by atoms with Gasteiger partial charge < -0.3 is 0 Å². The summed E-state index contributed by atoms with van der Waals surface area (Å²) < 4.78 is 51.5. The quantitative estimate of drug-likeness (QED) is 0.731. The molecular weight excluding hydrogens is 380 g/mol. The minimum Gasteiger partial charge on any atom is -0.280 e. The molecule has 132 valence electrons. The van der Waals surface area contributed by atoms with Crippen molar-refractivity contribution < 1.29 is 16.8 Å². The van der Waals surface area contributed by atoms with E-state index in [9.17, 15) is 16.8 Å². The molecule has 3 aromatic rings. The number of nitrogens with zero attached hydrogens (tertiary/aromatic N) is 1. The van der Waals surface area contributed by atoms with Crippen molar-refractivity contribution in [1.82, 2.24) is 4.98 Å². The summed E-state index contributed by atoms with van der Waals surface area (Å²) >= 11 is 1.01. The average Bonchev–Trinajstić information content (AvgIpc) is 2.89. The van der Waals surface area contributed by atoms with Gasteiger partial charge in [0.15, 0.2) is 0 Å². The van der Waals surface area contributed by atoms with Crippen LogP contribution in [0.2, 0.25) is 0 Å². The lowest BCUT2D eigenvalue weighted by atomic mass is 10.2. The second-order valence-electron chi connectivity index (χ2n) is 5.86. The van der Waals surface area contributed by atoms with E-state index >= 15 is 0 Å². The Morgan fingerprint density at radius 1 is 0.960 bits per heavy atom. The highest BCUT2D eigenvalue weighted by atomic mass is 32.2. The third kappa shape index (κ3) is 3.83. The first-order valence-corrected chi connectivity index (χ1v) is 11.5. The zero-order valence-electron chi connectivity index (χ0n) is 13.8. The van der Waals surface area contributed by atoms with Gasteiger partial charge in [-0.3, -0.25) is 4.72 Å². The first-order valence-electron chi connectivity index (χ1n) is 7.26. The summed E-state index contributed by atoms with van der Waals surface area (Å²) in [6, 6.07) is 9.84. The summed E-state index contributed by atoms with van der Waals surface area (Å²) in [7, 11) is -7.13. The molecule has 9 heteroatoms. The van der Waals surface area contributed by atoms with Crippen molar-refractivity contribution in [2.45, 2.75) is 23.1 Å². The molecule has 0 amide bonds. The summed E-state index contributed by atoms with van der Waals surface area (Å²) in [4.78, 5) is 4.24. The lowest BCUT2D eigenvalue weighted by Gasteiger charge is -2.09. The van der Waals surface area contributed by atoms with Gasteiger partial charge in [0.1, 0.15) is 0 Å². The number of hydrogen-bond donors (Lipinski definition) is 1. The Labute approximate surface area is 150 Å². The first-order chi connectivity index (χ1) is 11.5. The van der Waals surface area contributed by atoms with E-state index in [1.165, 1.54) is 0 Å². The molecule has 3 rings (SSSR count). The van der Waals surface area contributed by atoms with Crippen LogP contribution >= 0.6 is 11.3 Å². The van der Waals surface area contributed by atoms with Gasteiger partial charge in [-0.1, -0.05) is 6.07 Å². The van der Waals surface area contributed by atoms with Crippen LogP contribution in [-0.4, -0.2) is 28.1 Å². The summed E-state index contributed by atoms with van der Waals surface area (Å²) in [6.45, 7) is 3.67. The van der Waals surface area contributed by atoms with Crippen LogP contribution in [0.5, 0.6) is 0 Å². The third-order valence-electron chi connectivity index (χ3n) is 3.44. The summed E-state index contributed by atoms with van der Waals surface area (Å²) in [5.74, 6) is 0. The molecule has 25 heavy (non-hydrogen) atoms. The Morgan fingerprint density at radius 3 is 2.20 bits per heavy atom. The van der Waals surface area contributed by atoms with Gasteiger partial charge in [0.05, 0.1) is 20.8 Å². The fraction of sp³-hybridized carbons (Fsp3) is 0.188. The molecule has 0 saturated heterocycles. The second-order valence-corrected chi connectivity index (χ2v) is 10.8. The van der Waals surface area contributed by atoms with Crippen LogP contribution in [0, 0.1) is 13.8 Å². The van der Waals surface area contributed by atoms with Crippen molar-refractivity contribution in [3.05, 3.63) is 47.5 Å². The highest BCUT2D eigenvalue weighted by molar-refractivity contribution is 7.93. The van der Waals surface area contributed by atoms with E-state index in [2.05, 4.69) is 9.71 Å². The largest absolute Gasteiger partial charge is 0.280 e. The summed E-state index contributed by atoms with van der Waals surface area (Å²) in [6.07, 6.45) is 1.09. The Hall–Kier alpha value is -1.97. The maximum absolute atomic E-state index is 12.6. The molecule has 6 nitrogen and oxygen atoms in total. The van der Waals surface area contributed by atoms with Gasteiger partial charge in [-0.05, 0) is 55.3 Å². The van der Waals surface area contributed by atoms with Gasteiger partial charge in [0.2, 0.25) is 14.2 Å². The van der Waals surface area contributed by atoms with Crippen LogP contribution in [-0.2, 0) is 19.9 Å². The van der Waals surface area contributed by atoms with Crippen molar-refractivity contribution in [1.29, 1.82) is 0 Å². The van der Waals surface area contributed by atoms with Crippen molar-refractivity contribution in [3.63, 3.8) is 0 Å². The van der Waals surface area contributed by atoms with Gasteiger partial charge in [0.25, 0.3) is 10.0 Å². The van der Waals surface area contributed by atoms with Gasteiger partial charge >= 0.3 is 0 Å². The molecular formula is C16H16N2O4S3. The molecule has 1 aromatic heterocycles. The van der Waals surface area contributed by atoms with Crippen LogP contribution in [0.3, 0.4) is 0 Å². The fourth-order valence-electron chi connectivity index (χ4n) is 2.43. The van der Waals surface area contributed by atoms with E-state index < -0.39 is 19.9 Å². The Balaban J connectivity index is 1.99. The Morgan fingerprint density at radius 2 is 1.60 bits per heavy atom. The first kappa shape index (κ1) is 17.8. The maximum atomic E-state index is 12.6. The molecule has 0 bridgehead atoms. The Bertz CT molecular complexity index is 1160. The average molecular weight is 397 g/mol. The molecule has 0 unspecified atom stereocenters. The SMILES string of the molecule is Cc1cc(C)cc(S(=O)(=O)Nc2ccc3nc(S(C)(=O)=O)sc3c2)c1. The number of sulfonamides is 1. The summed E-state index contributed by atoms with van der Waals surface area (Å²) in [5.41, 5.74) is 2.59. The predicted octanol–water partition coefficient (Wildman–Crippen LogP) is 3.12. The number of rotatable bonds is 4. The number of anilines is 1. The number of nitrogens with one attached hydrogen (secondary N) is 1. The lowest BCUT2D eigenvalue weighted by molar-refractivity contribution is 0.599. The number of thiazole rings is 1. The van der Waals surface area contributed by atoms with Gasteiger partial charge in [-0.15, -0.1) is 11.3 Å². The van der Waals surface area contributed by atoms with Gasteiger partial charge in [-0.2, -0.15) is 0 Å². The fourth-order valence-corrected chi connectivity index (χ4v) is 5.54. The van der Waals surface area contributed by atoms with Crippen LogP contribution in [0.25, 0.3) is 10.2 Å². The van der Waals surface area contributed by atoms with Crippen LogP contribution in [0.15, 0.2) is 45.6 Å². The van der Waals surface area contributed by atoms with E-state index in [0.29, 0.717) is 15.9 Å². The zero-order valence-corrected chi connectivity index (χ0v) is 16.2. The number of aromatic nitrogens is 1. The molecule has 0 fully saturated rings. The smallest absolute Gasteiger partial charge is 0.261 e. The molecule has 1 N–H and O–H groups in total. The van der Waals surface area contributed by atoms with Crippen LogP contribution in [0.1, 0.15) is 11.1 Å². The molecule has 2 aromatic carbocycles. The molecule has 0 spiro atoms. The predicted molar refractivity (Wildman–Crippen MR) is 99.5 cm³/mol. The Kier molecular flexibility index (Phi) is 4.34. The minimum absolute atomic E-state index is 0.0109. The molecule has 0 radical (unpaired) electrons. The van der Waals surface area contributed by atoms with Crippen LogP contribution < -0.4 is 4.72 Å². The van der Waals surface area contributed by atoms with E-state index in [1.54, 1.807) is 30.3 Å². The number of hydrogen-bond acceptors (Lipinski definition) is 6. The van der Waals surface area contributed by atoms with Gasteiger partial charge in [-0.25, -0.2) is 21.8 Å². The number of sulfone groups is 1. The van der Waals surface area contributed by atoms with Crippen molar-refractivity contribution in [2.24, 2.45) is 0 Å². The zero-order chi connectivity index (χ0) is 18.4. The van der Waals surface area contributed by atoms with Crippen molar-refractivity contribution in [2.75, 3.05) is 11.0 Å². The summed E-state index contributed by atoms with van der Waals surface area (Å²) in [5, 5.41) is 0. The van der Waals surface area contributed by atoms with E-state index in [-0.39, 0.29) is 9.24 Å². The number of fused-ring (bicyclic) bond motifs is 1. The van der Waals surface area contributed by atoms with Crippen molar-refractivity contribution >= 4 is 47.1 Å². The monoisotopic (exact) mass is 396 g/mol. The van der Waals surface area contributed by atoms with Gasteiger partial charge in [0, 0.05) is 6.26 Å². The topological polar surface area (TPSA) is 93.2 Å². The van der Waals surface area contributed by atoms with E-state index in [0.717, 1.165) is 28.7 Å². The highest BCUT2D eigenvalue weighted by Crippen LogP contribution is 2.29. The second kappa shape index (κ2) is 6.08. The van der Waals surface area contributed by atoms with E-state index in [4.69, 9.17) is 0 Å². The molecule has 0 atom stereocenters.